The molecular formula is C24H18ClN3O4S. The molecule has 0 spiro atoms. The van der Waals surface area contributed by atoms with Crippen LogP contribution in [0.3, 0.4) is 0 Å². The van der Waals surface area contributed by atoms with Gasteiger partial charge in [-0.25, -0.2) is 0 Å². The molecule has 1 aromatic heterocycles. The lowest BCUT2D eigenvalue weighted by molar-refractivity contribution is 0.0975. The third-order valence-corrected chi connectivity index (χ3v) is 5.17. The van der Waals surface area contributed by atoms with E-state index in [0.717, 1.165) is 5.39 Å². The van der Waals surface area contributed by atoms with E-state index in [1.807, 2.05) is 18.2 Å². The SMILES string of the molecule is COc1ccc(C(=O)NC(=S)Nc2cccc(NC(=O)c3cc4ccccc4o3)c2)cc1Cl. The maximum absolute atomic E-state index is 12.6. The zero-order chi connectivity index (χ0) is 23.4. The number of carbonyl (C=O) groups is 2. The van der Waals surface area contributed by atoms with Crippen LogP contribution < -0.4 is 20.7 Å². The number of amides is 2. The second-order valence-electron chi connectivity index (χ2n) is 6.94. The van der Waals surface area contributed by atoms with Gasteiger partial charge in [0, 0.05) is 22.3 Å². The van der Waals surface area contributed by atoms with Gasteiger partial charge in [0.25, 0.3) is 11.8 Å². The number of methoxy groups -OCH3 is 1. The molecule has 3 aromatic carbocycles. The Kier molecular flexibility index (Phi) is 6.58. The summed E-state index contributed by atoms with van der Waals surface area (Å²) in [5, 5.41) is 9.55. The Morgan fingerprint density at radius 1 is 0.909 bits per heavy atom. The van der Waals surface area contributed by atoms with Crippen LogP contribution in [0.25, 0.3) is 11.0 Å². The van der Waals surface area contributed by atoms with Crippen molar-refractivity contribution >= 4 is 63.1 Å². The van der Waals surface area contributed by atoms with Gasteiger partial charge in [-0.15, -0.1) is 0 Å². The fraction of sp³-hybridized carbons (Fsp3) is 0.0417. The van der Waals surface area contributed by atoms with Crippen molar-refractivity contribution in [1.29, 1.82) is 0 Å². The van der Waals surface area contributed by atoms with Crippen LogP contribution in [-0.2, 0) is 0 Å². The summed E-state index contributed by atoms with van der Waals surface area (Å²) in [6.07, 6.45) is 0. The van der Waals surface area contributed by atoms with Gasteiger partial charge < -0.3 is 19.8 Å². The highest BCUT2D eigenvalue weighted by Gasteiger charge is 2.14. The molecule has 1 heterocycles. The first-order valence-electron chi connectivity index (χ1n) is 9.79. The molecule has 0 atom stereocenters. The Hall–Kier alpha value is -3.88. The molecule has 3 N–H and O–H groups in total. The minimum atomic E-state index is -0.425. The molecule has 0 aliphatic rings. The fourth-order valence-electron chi connectivity index (χ4n) is 3.11. The number of rotatable bonds is 5. The van der Waals surface area contributed by atoms with E-state index in [0.29, 0.717) is 33.3 Å². The minimum Gasteiger partial charge on any atom is -0.495 e. The summed E-state index contributed by atoms with van der Waals surface area (Å²) in [7, 11) is 1.49. The summed E-state index contributed by atoms with van der Waals surface area (Å²) >= 11 is 11.3. The van der Waals surface area contributed by atoms with Crippen molar-refractivity contribution in [1.82, 2.24) is 5.32 Å². The summed E-state index contributed by atoms with van der Waals surface area (Å²) in [6, 6.07) is 20.6. The highest BCUT2D eigenvalue weighted by Crippen LogP contribution is 2.25. The number of benzene rings is 3. The molecule has 0 fully saturated rings. The Bertz CT molecular complexity index is 1340. The van der Waals surface area contributed by atoms with Crippen LogP contribution in [0.5, 0.6) is 5.75 Å². The summed E-state index contributed by atoms with van der Waals surface area (Å²) in [5.41, 5.74) is 2.08. The van der Waals surface area contributed by atoms with Gasteiger partial charge in [-0.3, -0.25) is 14.9 Å². The molecule has 0 saturated carbocycles. The standard InChI is InChI=1S/C24H18ClN3O4S/c1-31-20-10-9-15(11-18(20)25)22(29)28-24(33)27-17-7-4-6-16(13-17)26-23(30)21-12-14-5-2-3-8-19(14)32-21/h2-13H,1H3,(H,26,30)(H2,27,28,29,33). The lowest BCUT2D eigenvalue weighted by Gasteiger charge is -2.12. The van der Waals surface area contributed by atoms with Crippen LogP contribution in [-0.4, -0.2) is 24.0 Å². The van der Waals surface area contributed by atoms with Crippen LogP contribution in [0.4, 0.5) is 11.4 Å². The Morgan fingerprint density at radius 3 is 2.39 bits per heavy atom. The van der Waals surface area contributed by atoms with Crippen LogP contribution >= 0.6 is 23.8 Å². The average molecular weight is 480 g/mol. The third-order valence-electron chi connectivity index (χ3n) is 4.67. The molecule has 4 aromatic rings. The number of fused-ring (bicyclic) bond motifs is 1. The number of nitrogens with one attached hydrogen (secondary N) is 3. The van der Waals surface area contributed by atoms with Crippen LogP contribution in [0.1, 0.15) is 20.9 Å². The van der Waals surface area contributed by atoms with E-state index in [4.69, 9.17) is 33.0 Å². The largest absolute Gasteiger partial charge is 0.495 e. The first-order chi connectivity index (χ1) is 15.9. The Morgan fingerprint density at radius 2 is 1.67 bits per heavy atom. The van der Waals surface area contributed by atoms with E-state index in [9.17, 15) is 9.59 Å². The molecule has 0 radical (unpaired) electrons. The molecule has 166 valence electrons. The molecule has 2 amide bonds. The van der Waals surface area contributed by atoms with E-state index in [-0.39, 0.29) is 16.8 Å². The van der Waals surface area contributed by atoms with E-state index < -0.39 is 5.91 Å². The van der Waals surface area contributed by atoms with Gasteiger partial charge in [0.1, 0.15) is 11.3 Å². The quantitative estimate of drug-likeness (QED) is 0.328. The highest BCUT2D eigenvalue weighted by molar-refractivity contribution is 7.80. The molecule has 0 aliphatic carbocycles. The smallest absolute Gasteiger partial charge is 0.291 e. The summed E-state index contributed by atoms with van der Waals surface area (Å²) in [6.45, 7) is 0. The Labute approximate surface area is 199 Å². The molecule has 0 aliphatic heterocycles. The Balaban J connectivity index is 1.39. The van der Waals surface area contributed by atoms with Gasteiger partial charge in [-0.1, -0.05) is 35.9 Å². The number of hydrogen-bond donors (Lipinski definition) is 3. The predicted octanol–water partition coefficient (Wildman–Crippen LogP) is 5.47. The lowest BCUT2D eigenvalue weighted by atomic mass is 10.2. The molecule has 0 saturated heterocycles. The zero-order valence-electron chi connectivity index (χ0n) is 17.3. The number of furan rings is 1. The number of carbonyl (C=O) groups excluding carboxylic acids is 2. The number of anilines is 2. The average Bonchev–Trinajstić information content (AvgIpc) is 3.24. The van der Waals surface area contributed by atoms with E-state index in [2.05, 4.69) is 16.0 Å². The normalized spacial score (nSPS) is 10.5. The molecule has 7 nitrogen and oxygen atoms in total. The number of para-hydroxylation sites is 1. The first kappa shape index (κ1) is 22.3. The second-order valence-corrected chi connectivity index (χ2v) is 7.76. The number of ether oxygens (including phenoxy) is 1. The van der Waals surface area contributed by atoms with E-state index in [1.54, 1.807) is 48.5 Å². The maximum Gasteiger partial charge on any atom is 0.291 e. The van der Waals surface area contributed by atoms with Gasteiger partial charge in [-0.2, -0.15) is 0 Å². The highest BCUT2D eigenvalue weighted by atomic mass is 35.5. The molecule has 9 heteroatoms. The molecule has 0 bridgehead atoms. The first-order valence-corrected chi connectivity index (χ1v) is 10.6. The van der Waals surface area contributed by atoms with Gasteiger partial charge in [0.05, 0.1) is 12.1 Å². The summed E-state index contributed by atoms with van der Waals surface area (Å²) < 4.78 is 10.7. The number of thiocarbonyl (C=S) groups is 1. The van der Waals surface area contributed by atoms with Crippen LogP contribution in [0.15, 0.2) is 77.2 Å². The summed E-state index contributed by atoms with van der Waals surface area (Å²) in [5.74, 6) is -0.132. The topological polar surface area (TPSA) is 92.6 Å². The zero-order valence-corrected chi connectivity index (χ0v) is 18.9. The third kappa shape index (κ3) is 5.31. The van der Waals surface area contributed by atoms with Crippen LogP contribution in [0.2, 0.25) is 5.02 Å². The predicted molar refractivity (Wildman–Crippen MR) is 132 cm³/mol. The van der Waals surface area contributed by atoms with Crippen molar-refractivity contribution < 1.29 is 18.7 Å². The van der Waals surface area contributed by atoms with Crippen molar-refractivity contribution in [2.45, 2.75) is 0 Å². The van der Waals surface area contributed by atoms with Gasteiger partial charge >= 0.3 is 0 Å². The monoisotopic (exact) mass is 479 g/mol. The van der Waals surface area contributed by atoms with Crippen LogP contribution in [0, 0.1) is 0 Å². The second kappa shape index (κ2) is 9.72. The maximum atomic E-state index is 12.6. The van der Waals surface area contributed by atoms with Crippen molar-refractivity contribution in [3.8, 4) is 5.75 Å². The number of hydrogen-bond acceptors (Lipinski definition) is 5. The lowest BCUT2D eigenvalue weighted by Crippen LogP contribution is -2.34. The van der Waals surface area contributed by atoms with Gasteiger partial charge in [-0.05, 0) is 60.7 Å². The van der Waals surface area contributed by atoms with Gasteiger partial charge in [0.2, 0.25) is 0 Å². The van der Waals surface area contributed by atoms with E-state index >= 15 is 0 Å². The van der Waals surface area contributed by atoms with Gasteiger partial charge in [0.15, 0.2) is 10.9 Å². The molecule has 4 rings (SSSR count). The molecular weight excluding hydrogens is 462 g/mol. The summed E-state index contributed by atoms with van der Waals surface area (Å²) in [4.78, 5) is 25.0. The van der Waals surface area contributed by atoms with Crippen molar-refractivity contribution in [2.24, 2.45) is 0 Å². The fourth-order valence-corrected chi connectivity index (χ4v) is 3.57. The molecule has 33 heavy (non-hydrogen) atoms. The van der Waals surface area contributed by atoms with Crippen molar-refractivity contribution in [2.75, 3.05) is 17.7 Å². The minimum absolute atomic E-state index is 0.0905. The van der Waals surface area contributed by atoms with Crippen molar-refractivity contribution in [3.63, 3.8) is 0 Å². The number of halogens is 1. The molecule has 0 unspecified atom stereocenters. The van der Waals surface area contributed by atoms with Crippen molar-refractivity contribution in [3.05, 3.63) is 89.1 Å². The van der Waals surface area contributed by atoms with E-state index in [1.165, 1.54) is 13.2 Å².